The second-order valence-corrected chi connectivity index (χ2v) is 8.19. The molecule has 2 aliphatic rings. The molecule has 2 saturated heterocycles. The minimum absolute atomic E-state index is 0.236. The summed E-state index contributed by atoms with van der Waals surface area (Å²) in [4.78, 5) is 13.3. The van der Waals surface area contributed by atoms with E-state index in [4.69, 9.17) is 16.1 Å². The van der Waals surface area contributed by atoms with Gasteiger partial charge in [-0.25, -0.2) is 9.97 Å². The first-order chi connectivity index (χ1) is 14.7. The quantitative estimate of drug-likeness (QED) is 0.631. The van der Waals surface area contributed by atoms with Crippen LogP contribution in [0.2, 0.25) is 5.02 Å². The van der Waals surface area contributed by atoms with Crippen LogP contribution in [0.15, 0.2) is 47.2 Å². The fourth-order valence-electron chi connectivity index (χ4n) is 4.62. The highest BCUT2D eigenvalue weighted by Crippen LogP contribution is 2.38. The summed E-state index contributed by atoms with van der Waals surface area (Å²) in [5.74, 6) is 1.43. The first kappa shape index (κ1) is 19.0. The molecule has 2 unspecified atom stereocenters. The zero-order chi connectivity index (χ0) is 20.5. The zero-order valence-corrected chi connectivity index (χ0v) is 17.2. The van der Waals surface area contributed by atoms with Gasteiger partial charge in [-0.2, -0.15) is 5.26 Å². The highest BCUT2D eigenvalue weighted by Gasteiger charge is 2.37. The molecule has 2 fully saturated rings. The number of hydrogen-bond donors (Lipinski definition) is 0. The number of anilines is 1. The smallest absolute Gasteiger partial charge is 0.183 e. The van der Waals surface area contributed by atoms with Crippen molar-refractivity contribution in [3.63, 3.8) is 0 Å². The fraction of sp³-hybridized carbons (Fsp3) is 0.364. The van der Waals surface area contributed by atoms with Gasteiger partial charge in [0.1, 0.15) is 11.8 Å². The molecule has 0 bridgehead atoms. The van der Waals surface area contributed by atoms with Crippen molar-refractivity contribution in [3.05, 3.63) is 59.1 Å². The summed E-state index contributed by atoms with van der Waals surface area (Å²) in [5, 5.41) is 14.5. The standard InChI is InChI=1S/C22H21ClN6O/c23-16-4-1-3-15(11-16)21-12-18(27-30-21)20-6-2-5-17-14-28(9-10-29(17)20)22-19(13-24)25-7-8-26-22/h1,3-4,7-8,11-12,17,20H,2,5-6,9-10,14H2. The largest absolute Gasteiger partial charge is 0.356 e. The Morgan fingerprint density at radius 2 is 2.03 bits per heavy atom. The molecule has 2 aromatic heterocycles. The number of nitrogens with zero attached hydrogens (tertiary/aromatic N) is 6. The van der Waals surface area contributed by atoms with Gasteiger partial charge in [-0.05, 0) is 31.4 Å². The molecule has 1 aromatic carbocycles. The molecule has 30 heavy (non-hydrogen) atoms. The summed E-state index contributed by atoms with van der Waals surface area (Å²) >= 11 is 6.12. The fourth-order valence-corrected chi connectivity index (χ4v) is 4.81. The van der Waals surface area contributed by atoms with Crippen LogP contribution in [-0.2, 0) is 0 Å². The van der Waals surface area contributed by atoms with E-state index in [2.05, 4.69) is 31.0 Å². The topological polar surface area (TPSA) is 82.1 Å². The van der Waals surface area contributed by atoms with Crippen LogP contribution in [0.1, 0.15) is 36.7 Å². The molecule has 0 saturated carbocycles. The number of rotatable bonds is 3. The first-order valence-electron chi connectivity index (χ1n) is 10.2. The second-order valence-electron chi connectivity index (χ2n) is 7.75. The van der Waals surface area contributed by atoms with Gasteiger partial charge in [0.05, 0.1) is 6.04 Å². The molecule has 7 nitrogen and oxygen atoms in total. The van der Waals surface area contributed by atoms with Crippen LogP contribution in [-0.4, -0.2) is 45.7 Å². The molecule has 4 heterocycles. The van der Waals surface area contributed by atoms with E-state index in [1.54, 1.807) is 12.4 Å². The van der Waals surface area contributed by atoms with Crippen molar-refractivity contribution >= 4 is 17.4 Å². The van der Waals surface area contributed by atoms with Crippen molar-refractivity contribution in [2.24, 2.45) is 0 Å². The van der Waals surface area contributed by atoms with E-state index in [9.17, 15) is 5.26 Å². The zero-order valence-electron chi connectivity index (χ0n) is 16.4. The molecule has 5 rings (SSSR count). The van der Waals surface area contributed by atoms with Crippen LogP contribution >= 0.6 is 11.6 Å². The second kappa shape index (κ2) is 8.05. The summed E-state index contributed by atoms with van der Waals surface area (Å²) in [6.07, 6.45) is 6.53. The highest BCUT2D eigenvalue weighted by atomic mass is 35.5. The molecule has 0 aliphatic carbocycles. The normalized spacial score (nSPS) is 21.8. The third-order valence-electron chi connectivity index (χ3n) is 6.01. The SMILES string of the molecule is N#Cc1nccnc1N1CCN2C(CCCC2c2cc(-c3cccc(Cl)c3)on2)C1. The van der Waals surface area contributed by atoms with Crippen LogP contribution < -0.4 is 4.90 Å². The van der Waals surface area contributed by atoms with Crippen LogP contribution in [0.25, 0.3) is 11.3 Å². The third kappa shape index (κ3) is 3.53. The van der Waals surface area contributed by atoms with E-state index in [0.717, 1.165) is 55.9 Å². The van der Waals surface area contributed by atoms with E-state index in [-0.39, 0.29) is 6.04 Å². The van der Waals surface area contributed by atoms with Crippen molar-refractivity contribution in [2.45, 2.75) is 31.3 Å². The van der Waals surface area contributed by atoms with Crippen molar-refractivity contribution < 1.29 is 4.52 Å². The van der Waals surface area contributed by atoms with Gasteiger partial charge in [-0.3, -0.25) is 4.90 Å². The maximum absolute atomic E-state index is 9.37. The van der Waals surface area contributed by atoms with Gasteiger partial charge in [-0.1, -0.05) is 28.9 Å². The highest BCUT2D eigenvalue weighted by molar-refractivity contribution is 6.30. The Balaban J connectivity index is 1.35. The molecule has 8 heteroatoms. The molecule has 3 aromatic rings. The van der Waals surface area contributed by atoms with Gasteiger partial charge in [0.25, 0.3) is 0 Å². The predicted molar refractivity (Wildman–Crippen MR) is 113 cm³/mol. The Hall–Kier alpha value is -2.95. The monoisotopic (exact) mass is 420 g/mol. The molecule has 0 N–H and O–H groups in total. The van der Waals surface area contributed by atoms with Crippen molar-refractivity contribution in [3.8, 4) is 17.4 Å². The van der Waals surface area contributed by atoms with Crippen LogP contribution in [0.4, 0.5) is 5.82 Å². The summed E-state index contributed by atoms with van der Waals surface area (Å²) in [5.41, 5.74) is 2.30. The first-order valence-corrected chi connectivity index (χ1v) is 10.5. The number of piperidine rings is 1. The van der Waals surface area contributed by atoms with Crippen LogP contribution in [0.5, 0.6) is 0 Å². The molecule has 0 amide bonds. The summed E-state index contributed by atoms with van der Waals surface area (Å²) in [7, 11) is 0. The van der Waals surface area contributed by atoms with Gasteiger partial charge in [0.15, 0.2) is 17.3 Å². The van der Waals surface area contributed by atoms with Gasteiger partial charge in [0.2, 0.25) is 0 Å². The molecular formula is C22H21ClN6O. The minimum Gasteiger partial charge on any atom is -0.356 e. The Bertz CT molecular complexity index is 1090. The van der Waals surface area contributed by atoms with Crippen molar-refractivity contribution in [1.29, 1.82) is 5.26 Å². The molecule has 0 spiro atoms. The number of benzene rings is 1. The number of fused-ring (bicyclic) bond motifs is 1. The van der Waals surface area contributed by atoms with Crippen LogP contribution in [0, 0.1) is 11.3 Å². The molecule has 2 atom stereocenters. The summed E-state index contributed by atoms with van der Waals surface area (Å²) in [6, 6.07) is 12.5. The number of nitriles is 1. The van der Waals surface area contributed by atoms with E-state index in [0.29, 0.717) is 22.6 Å². The summed E-state index contributed by atoms with van der Waals surface area (Å²) in [6.45, 7) is 2.53. The predicted octanol–water partition coefficient (Wildman–Crippen LogP) is 4.07. The number of piperazine rings is 1. The lowest BCUT2D eigenvalue weighted by molar-refractivity contribution is 0.0673. The Morgan fingerprint density at radius 1 is 1.13 bits per heavy atom. The number of halogens is 1. The third-order valence-corrected chi connectivity index (χ3v) is 6.24. The van der Waals surface area contributed by atoms with E-state index in [1.165, 1.54) is 0 Å². The molecule has 2 aliphatic heterocycles. The van der Waals surface area contributed by atoms with Crippen LogP contribution in [0.3, 0.4) is 0 Å². The molecular weight excluding hydrogens is 400 g/mol. The maximum Gasteiger partial charge on any atom is 0.183 e. The van der Waals surface area contributed by atoms with Gasteiger partial charge < -0.3 is 9.42 Å². The Labute approximate surface area is 179 Å². The molecule has 0 radical (unpaired) electrons. The lowest BCUT2D eigenvalue weighted by Gasteiger charge is -2.48. The van der Waals surface area contributed by atoms with E-state index in [1.807, 2.05) is 30.3 Å². The number of hydrogen-bond acceptors (Lipinski definition) is 7. The van der Waals surface area contributed by atoms with Gasteiger partial charge in [-0.15, -0.1) is 0 Å². The average molecular weight is 421 g/mol. The van der Waals surface area contributed by atoms with Crippen molar-refractivity contribution in [1.82, 2.24) is 20.0 Å². The lowest BCUT2D eigenvalue weighted by Crippen LogP contribution is -2.56. The van der Waals surface area contributed by atoms with E-state index >= 15 is 0 Å². The lowest BCUT2D eigenvalue weighted by atomic mass is 9.91. The Morgan fingerprint density at radius 3 is 2.90 bits per heavy atom. The Kier molecular flexibility index (Phi) is 5.11. The van der Waals surface area contributed by atoms with Gasteiger partial charge >= 0.3 is 0 Å². The van der Waals surface area contributed by atoms with Gasteiger partial charge in [0, 0.05) is 54.7 Å². The average Bonchev–Trinajstić information content (AvgIpc) is 3.28. The minimum atomic E-state index is 0.236. The van der Waals surface area contributed by atoms with E-state index < -0.39 is 0 Å². The molecule has 152 valence electrons. The number of aromatic nitrogens is 3. The summed E-state index contributed by atoms with van der Waals surface area (Å²) < 4.78 is 5.66. The maximum atomic E-state index is 9.37. The van der Waals surface area contributed by atoms with Crippen molar-refractivity contribution in [2.75, 3.05) is 24.5 Å².